The van der Waals surface area contributed by atoms with Crippen molar-refractivity contribution in [2.45, 2.75) is 37.3 Å². The van der Waals surface area contributed by atoms with Crippen LogP contribution < -0.4 is 16.4 Å². The highest BCUT2D eigenvalue weighted by molar-refractivity contribution is 5.85. The average Bonchev–Trinajstić information content (AvgIpc) is 2.98. The fraction of sp³-hybridized carbons (Fsp3) is 0.643. The van der Waals surface area contributed by atoms with Gasteiger partial charge in [0.25, 0.3) is 0 Å². The Morgan fingerprint density at radius 1 is 1.42 bits per heavy atom. The van der Waals surface area contributed by atoms with Crippen LogP contribution in [0.1, 0.15) is 19.6 Å². The highest BCUT2D eigenvalue weighted by Gasteiger charge is 2.51. The van der Waals surface area contributed by atoms with Gasteiger partial charge in [0, 0.05) is 13.1 Å². The third-order valence-corrected chi connectivity index (χ3v) is 4.83. The lowest BCUT2D eigenvalue weighted by Gasteiger charge is -2.32. The van der Waals surface area contributed by atoms with E-state index in [1.807, 2.05) is 0 Å². The summed E-state index contributed by atoms with van der Waals surface area (Å²) in [5.74, 6) is 0.834. The number of hydrogen-bond acceptors (Lipinski definition) is 9. The molecule has 0 unspecified atom stereocenters. The van der Waals surface area contributed by atoms with Crippen LogP contribution in [0.25, 0.3) is 11.2 Å². The lowest BCUT2D eigenvalue weighted by molar-refractivity contribution is -0.0455. The first kappa shape index (κ1) is 15.5. The van der Waals surface area contributed by atoms with Crippen LogP contribution in [0, 0.1) is 0 Å². The molecule has 0 bridgehead atoms. The van der Waals surface area contributed by atoms with E-state index in [0.717, 1.165) is 19.5 Å². The summed E-state index contributed by atoms with van der Waals surface area (Å²) in [6, 6.07) is 0. The molecule has 4 atom stereocenters. The summed E-state index contributed by atoms with van der Waals surface area (Å²) in [6.07, 6.45) is 0.150. The van der Waals surface area contributed by atoms with Crippen molar-refractivity contribution >= 4 is 22.9 Å². The summed E-state index contributed by atoms with van der Waals surface area (Å²) in [7, 11) is 0. The van der Waals surface area contributed by atoms with Crippen molar-refractivity contribution in [1.82, 2.24) is 19.5 Å². The molecule has 0 aliphatic carbocycles. The molecule has 0 aromatic carbocycles. The Bertz CT molecular complexity index is 773. The van der Waals surface area contributed by atoms with Gasteiger partial charge in [-0.2, -0.15) is 9.97 Å². The Morgan fingerprint density at radius 2 is 2.17 bits per heavy atom. The Balaban J connectivity index is 1.82. The zero-order valence-electron chi connectivity index (χ0n) is 13.3. The molecule has 4 rings (SSSR count). The summed E-state index contributed by atoms with van der Waals surface area (Å²) in [5.41, 5.74) is 12.1. The molecule has 0 radical (unpaired) electrons. The first-order valence-corrected chi connectivity index (χ1v) is 7.91. The van der Waals surface area contributed by atoms with Crippen LogP contribution in [0.2, 0.25) is 0 Å². The molecule has 2 aliphatic rings. The fourth-order valence-electron chi connectivity index (χ4n) is 3.28. The van der Waals surface area contributed by atoms with E-state index in [9.17, 15) is 10.2 Å². The maximum atomic E-state index is 10.3. The zero-order valence-corrected chi connectivity index (χ0v) is 13.3. The van der Waals surface area contributed by atoms with Crippen molar-refractivity contribution in [2.75, 3.05) is 30.3 Å². The number of hydrogen-bond donors (Lipinski definition) is 4. The van der Waals surface area contributed by atoms with E-state index in [4.69, 9.17) is 16.2 Å². The molecular formula is C14H21N7O3. The topological polar surface area (TPSA) is 149 Å². The molecule has 6 N–H and O–H groups in total. The molecule has 0 spiro atoms. The van der Waals surface area contributed by atoms with E-state index in [0.29, 0.717) is 17.0 Å². The molecule has 2 saturated heterocycles. The first-order valence-electron chi connectivity index (χ1n) is 7.91. The van der Waals surface area contributed by atoms with Gasteiger partial charge >= 0.3 is 0 Å². The highest BCUT2D eigenvalue weighted by Crippen LogP contribution is 2.38. The molecule has 130 valence electrons. The van der Waals surface area contributed by atoms with Gasteiger partial charge in [-0.05, 0) is 13.3 Å². The van der Waals surface area contributed by atoms with Gasteiger partial charge in [0.2, 0.25) is 5.95 Å². The van der Waals surface area contributed by atoms with E-state index < -0.39 is 24.0 Å². The molecule has 2 fully saturated rings. The molecule has 0 amide bonds. The van der Waals surface area contributed by atoms with Crippen LogP contribution in [-0.4, -0.2) is 67.2 Å². The van der Waals surface area contributed by atoms with E-state index in [-0.39, 0.29) is 12.6 Å². The molecule has 24 heavy (non-hydrogen) atoms. The second kappa shape index (κ2) is 5.24. The average molecular weight is 335 g/mol. The minimum absolute atomic E-state index is 0.141. The third kappa shape index (κ3) is 2.07. The molecule has 10 heteroatoms. The Hall–Kier alpha value is -2.01. The van der Waals surface area contributed by atoms with Crippen LogP contribution in [0.15, 0.2) is 6.33 Å². The number of nitrogen functional groups attached to an aromatic ring is 1. The fourth-order valence-corrected chi connectivity index (χ4v) is 3.28. The summed E-state index contributed by atoms with van der Waals surface area (Å²) in [4.78, 5) is 15.1. The number of fused-ring (bicyclic) bond motifs is 1. The highest BCUT2D eigenvalue weighted by atomic mass is 16.5. The second-order valence-corrected chi connectivity index (χ2v) is 6.59. The zero-order chi connectivity index (χ0) is 17.1. The Labute approximate surface area is 138 Å². The Kier molecular flexibility index (Phi) is 3.39. The molecule has 4 heterocycles. The molecule has 0 saturated carbocycles. The second-order valence-electron chi connectivity index (χ2n) is 6.59. The quantitative estimate of drug-likeness (QED) is 0.530. The number of aliphatic hydroxyl groups excluding tert-OH is 2. The van der Waals surface area contributed by atoms with Crippen molar-refractivity contribution in [3.05, 3.63) is 6.33 Å². The first-order chi connectivity index (χ1) is 11.4. The van der Waals surface area contributed by atoms with E-state index >= 15 is 0 Å². The maximum Gasteiger partial charge on any atom is 0.224 e. The van der Waals surface area contributed by atoms with Crippen LogP contribution in [0.3, 0.4) is 0 Å². The SMILES string of the molecule is C[C@@]1(N)[C@H](O)[C@@H](CO)O[C@H]1n1cnc2c(N3CCC3)nc(N)nc21. The minimum Gasteiger partial charge on any atom is -0.394 e. The van der Waals surface area contributed by atoms with Crippen molar-refractivity contribution < 1.29 is 14.9 Å². The van der Waals surface area contributed by atoms with Crippen LogP contribution in [-0.2, 0) is 4.74 Å². The van der Waals surface area contributed by atoms with Crippen molar-refractivity contribution in [1.29, 1.82) is 0 Å². The van der Waals surface area contributed by atoms with Gasteiger partial charge in [-0.3, -0.25) is 4.57 Å². The van der Waals surface area contributed by atoms with Crippen molar-refractivity contribution in [3.8, 4) is 0 Å². The number of aliphatic hydroxyl groups is 2. The number of anilines is 2. The molecular weight excluding hydrogens is 314 g/mol. The number of imidazole rings is 1. The third-order valence-electron chi connectivity index (χ3n) is 4.83. The monoisotopic (exact) mass is 335 g/mol. The number of nitrogens with zero attached hydrogens (tertiary/aromatic N) is 5. The van der Waals surface area contributed by atoms with Crippen LogP contribution >= 0.6 is 0 Å². The summed E-state index contributed by atoms with van der Waals surface area (Å²) < 4.78 is 7.40. The largest absolute Gasteiger partial charge is 0.394 e. The number of aromatic nitrogens is 4. The molecule has 10 nitrogen and oxygen atoms in total. The smallest absolute Gasteiger partial charge is 0.224 e. The number of rotatable bonds is 3. The number of ether oxygens (including phenoxy) is 1. The van der Waals surface area contributed by atoms with Crippen LogP contribution in [0.5, 0.6) is 0 Å². The predicted octanol–water partition coefficient (Wildman–Crippen LogP) is -1.41. The maximum absolute atomic E-state index is 10.3. The van der Waals surface area contributed by atoms with Gasteiger partial charge in [0.1, 0.15) is 12.2 Å². The minimum atomic E-state index is -1.11. The summed E-state index contributed by atoms with van der Waals surface area (Å²) >= 11 is 0. The van der Waals surface area contributed by atoms with Crippen molar-refractivity contribution in [3.63, 3.8) is 0 Å². The Morgan fingerprint density at radius 3 is 2.75 bits per heavy atom. The van der Waals surface area contributed by atoms with Gasteiger partial charge < -0.3 is 31.3 Å². The van der Waals surface area contributed by atoms with Gasteiger partial charge in [-0.1, -0.05) is 0 Å². The predicted molar refractivity (Wildman–Crippen MR) is 86.2 cm³/mol. The molecule has 2 aromatic rings. The molecule has 2 aromatic heterocycles. The van der Waals surface area contributed by atoms with E-state index in [1.165, 1.54) is 0 Å². The van der Waals surface area contributed by atoms with Crippen molar-refractivity contribution in [2.24, 2.45) is 5.73 Å². The number of nitrogens with two attached hydrogens (primary N) is 2. The lowest BCUT2D eigenvalue weighted by Crippen LogP contribution is -2.52. The van der Waals surface area contributed by atoms with Crippen LogP contribution in [0.4, 0.5) is 11.8 Å². The van der Waals surface area contributed by atoms with Gasteiger partial charge in [0.15, 0.2) is 23.2 Å². The van der Waals surface area contributed by atoms with Gasteiger partial charge in [-0.15, -0.1) is 0 Å². The van der Waals surface area contributed by atoms with Gasteiger partial charge in [-0.25, -0.2) is 4.98 Å². The normalized spacial score (nSPS) is 33.2. The summed E-state index contributed by atoms with van der Waals surface area (Å²) in [5, 5.41) is 19.7. The molecule has 2 aliphatic heterocycles. The lowest BCUT2D eigenvalue weighted by atomic mass is 9.93. The van der Waals surface area contributed by atoms with Gasteiger partial charge in [0.05, 0.1) is 18.5 Å². The van der Waals surface area contributed by atoms with E-state index in [1.54, 1.807) is 17.8 Å². The van der Waals surface area contributed by atoms with E-state index in [2.05, 4.69) is 19.9 Å². The standard InChI is InChI=1S/C14H21N7O3/c1-14(16)9(23)7(5-22)24-12(14)21-6-17-8-10(20-3-2-4-20)18-13(15)19-11(8)21/h6-7,9,12,22-23H,2-5,16H2,1H3,(H2,15,18,19)/t7-,9-,12-,14-/m1/s1. The summed E-state index contributed by atoms with van der Waals surface area (Å²) in [6.45, 7) is 3.15.